The number of carbonyl (C=O) groups is 1. The molecule has 0 radical (unpaired) electrons. The summed E-state index contributed by atoms with van der Waals surface area (Å²) in [6.07, 6.45) is 2.43. The third-order valence-corrected chi connectivity index (χ3v) is 4.06. The van der Waals surface area contributed by atoms with Gasteiger partial charge in [-0.1, -0.05) is 30.3 Å². The average molecular weight is 263 g/mol. The maximum atomic E-state index is 11.8. The third-order valence-electron chi connectivity index (χ3n) is 4.06. The number of aliphatic carboxylic acids is 1. The van der Waals surface area contributed by atoms with Gasteiger partial charge in [-0.25, -0.2) is 0 Å². The standard InChI is InChI=1S/C15H21NO3/c16-11-15(14(17)18,13-4-2-1-3-5-13)10-12-6-8-19-9-7-12/h1-5,12H,6-11,16H2,(H,17,18). The van der Waals surface area contributed by atoms with E-state index < -0.39 is 11.4 Å². The highest BCUT2D eigenvalue weighted by atomic mass is 16.5. The molecule has 0 saturated carbocycles. The summed E-state index contributed by atoms with van der Waals surface area (Å²) in [6.45, 7) is 1.57. The van der Waals surface area contributed by atoms with Gasteiger partial charge in [0.15, 0.2) is 0 Å². The number of benzene rings is 1. The monoisotopic (exact) mass is 263 g/mol. The lowest BCUT2D eigenvalue weighted by atomic mass is 9.72. The number of hydrogen-bond donors (Lipinski definition) is 2. The van der Waals surface area contributed by atoms with Crippen LogP contribution in [0.25, 0.3) is 0 Å². The Morgan fingerprint density at radius 1 is 1.32 bits per heavy atom. The lowest BCUT2D eigenvalue weighted by Gasteiger charge is -2.34. The highest BCUT2D eigenvalue weighted by Crippen LogP contribution is 2.34. The Kier molecular flexibility index (Phi) is 4.56. The zero-order valence-electron chi connectivity index (χ0n) is 11.0. The maximum absolute atomic E-state index is 11.8. The fraction of sp³-hybridized carbons (Fsp3) is 0.533. The van der Waals surface area contributed by atoms with E-state index in [0.29, 0.717) is 12.3 Å². The molecule has 19 heavy (non-hydrogen) atoms. The summed E-state index contributed by atoms with van der Waals surface area (Å²) >= 11 is 0. The first kappa shape index (κ1) is 14.0. The van der Waals surface area contributed by atoms with Crippen LogP contribution in [0.4, 0.5) is 0 Å². The van der Waals surface area contributed by atoms with Gasteiger partial charge in [-0.05, 0) is 30.7 Å². The molecule has 1 heterocycles. The Bertz CT molecular complexity index is 415. The molecular formula is C15H21NO3. The molecule has 0 aliphatic carbocycles. The van der Waals surface area contributed by atoms with Crippen molar-refractivity contribution in [3.63, 3.8) is 0 Å². The normalized spacial score (nSPS) is 19.8. The topological polar surface area (TPSA) is 72.5 Å². The van der Waals surface area contributed by atoms with Crippen LogP contribution in [0.15, 0.2) is 30.3 Å². The summed E-state index contributed by atoms with van der Waals surface area (Å²) in [5, 5.41) is 9.70. The van der Waals surface area contributed by atoms with E-state index in [1.807, 2.05) is 30.3 Å². The van der Waals surface area contributed by atoms with Crippen molar-refractivity contribution in [2.45, 2.75) is 24.7 Å². The van der Waals surface area contributed by atoms with Gasteiger partial charge in [0.2, 0.25) is 0 Å². The van der Waals surface area contributed by atoms with Gasteiger partial charge < -0.3 is 15.6 Å². The fourth-order valence-corrected chi connectivity index (χ4v) is 2.82. The summed E-state index contributed by atoms with van der Waals surface area (Å²) in [7, 11) is 0. The minimum Gasteiger partial charge on any atom is -0.481 e. The van der Waals surface area contributed by atoms with E-state index in [2.05, 4.69) is 0 Å². The lowest BCUT2D eigenvalue weighted by molar-refractivity contribution is -0.144. The molecule has 0 aromatic heterocycles. The molecule has 2 rings (SSSR count). The van der Waals surface area contributed by atoms with Crippen LogP contribution in [0, 0.1) is 5.92 Å². The maximum Gasteiger partial charge on any atom is 0.315 e. The van der Waals surface area contributed by atoms with Crippen LogP contribution in [0.1, 0.15) is 24.8 Å². The SMILES string of the molecule is NCC(CC1CCOCC1)(C(=O)O)c1ccccc1. The average Bonchev–Trinajstić information content (AvgIpc) is 2.46. The van der Waals surface area contributed by atoms with Crippen molar-refractivity contribution in [1.82, 2.24) is 0 Å². The van der Waals surface area contributed by atoms with E-state index in [0.717, 1.165) is 31.6 Å². The first-order valence-electron chi connectivity index (χ1n) is 6.76. The predicted octanol–water partition coefficient (Wildman–Crippen LogP) is 1.78. The van der Waals surface area contributed by atoms with Gasteiger partial charge in [0.25, 0.3) is 0 Å². The Hall–Kier alpha value is -1.39. The molecule has 0 bridgehead atoms. The molecule has 4 nitrogen and oxygen atoms in total. The van der Waals surface area contributed by atoms with Crippen LogP contribution < -0.4 is 5.73 Å². The Balaban J connectivity index is 2.26. The lowest BCUT2D eigenvalue weighted by Crippen LogP contribution is -2.45. The van der Waals surface area contributed by atoms with Gasteiger partial charge in [0, 0.05) is 19.8 Å². The van der Waals surface area contributed by atoms with Gasteiger partial charge >= 0.3 is 5.97 Å². The third kappa shape index (κ3) is 2.96. The highest BCUT2D eigenvalue weighted by molar-refractivity contribution is 5.81. The zero-order valence-corrected chi connectivity index (χ0v) is 11.0. The molecule has 3 N–H and O–H groups in total. The Labute approximate surface area is 113 Å². The molecule has 1 aromatic carbocycles. The number of rotatable bonds is 5. The van der Waals surface area contributed by atoms with Crippen LogP contribution >= 0.6 is 0 Å². The summed E-state index contributed by atoms with van der Waals surface area (Å²) in [4.78, 5) is 11.8. The first-order chi connectivity index (χ1) is 9.19. The summed E-state index contributed by atoms with van der Waals surface area (Å²) in [5.74, 6) is -0.457. The Morgan fingerprint density at radius 3 is 2.47 bits per heavy atom. The van der Waals surface area contributed by atoms with Gasteiger partial charge in [0.1, 0.15) is 5.41 Å². The molecule has 1 aliphatic rings. The predicted molar refractivity (Wildman–Crippen MR) is 73.0 cm³/mol. The van der Waals surface area contributed by atoms with Crippen molar-refractivity contribution in [3.05, 3.63) is 35.9 Å². The van der Waals surface area contributed by atoms with E-state index >= 15 is 0 Å². The van der Waals surface area contributed by atoms with Gasteiger partial charge in [-0.3, -0.25) is 4.79 Å². The van der Waals surface area contributed by atoms with Crippen LogP contribution in [-0.2, 0) is 14.9 Å². The van der Waals surface area contributed by atoms with Crippen molar-refractivity contribution >= 4 is 5.97 Å². The molecule has 1 aliphatic heterocycles. The van der Waals surface area contributed by atoms with Crippen LogP contribution in [-0.4, -0.2) is 30.8 Å². The molecule has 0 amide bonds. The molecule has 104 valence electrons. The van der Waals surface area contributed by atoms with E-state index in [-0.39, 0.29) is 6.54 Å². The van der Waals surface area contributed by atoms with E-state index in [4.69, 9.17) is 10.5 Å². The molecular weight excluding hydrogens is 242 g/mol. The van der Waals surface area contributed by atoms with Gasteiger partial charge in [0.05, 0.1) is 0 Å². The second-order valence-corrected chi connectivity index (χ2v) is 5.22. The van der Waals surface area contributed by atoms with Crippen LogP contribution in [0.5, 0.6) is 0 Å². The number of ether oxygens (including phenoxy) is 1. The molecule has 1 fully saturated rings. The fourth-order valence-electron chi connectivity index (χ4n) is 2.82. The smallest absolute Gasteiger partial charge is 0.315 e. The number of carboxylic acid groups (broad SMARTS) is 1. The molecule has 1 saturated heterocycles. The summed E-state index contributed by atoms with van der Waals surface area (Å²) in [6, 6.07) is 9.35. The highest BCUT2D eigenvalue weighted by Gasteiger charge is 2.41. The zero-order chi connectivity index (χ0) is 13.7. The first-order valence-corrected chi connectivity index (χ1v) is 6.76. The van der Waals surface area contributed by atoms with Crippen LogP contribution in [0.3, 0.4) is 0 Å². The minimum atomic E-state index is -0.969. The number of hydrogen-bond acceptors (Lipinski definition) is 3. The van der Waals surface area contributed by atoms with Crippen molar-refractivity contribution in [1.29, 1.82) is 0 Å². The van der Waals surface area contributed by atoms with Crippen LogP contribution in [0.2, 0.25) is 0 Å². The molecule has 1 atom stereocenters. The van der Waals surface area contributed by atoms with E-state index in [9.17, 15) is 9.90 Å². The van der Waals surface area contributed by atoms with Gasteiger partial charge in [-0.2, -0.15) is 0 Å². The largest absolute Gasteiger partial charge is 0.481 e. The van der Waals surface area contributed by atoms with Crippen molar-refractivity contribution in [2.75, 3.05) is 19.8 Å². The molecule has 0 spiro atoms. The minimum absolute atomic E-state index is 0.129. The number of carboxylic acids is 1. The van der Waals surface area contributed by atoms with Gasteiger partial charge in [-0.15, -0.1) is 0 Å². The Morgan fingerprint density at radius 2 is 1.95 bits per heavy atom. The van der Waals surface area contributed by atoms with Crippen molar-refractivity contribution < 1.29 is 14.6 Å². The number of nitrogens with two attached hydrogens (primary N) is 1. The molecule has 1 unspecified atom stereocenters. The second-order valence-electron chi connectivity index (χ2n) is 5.22. The summed E-state index contributed by atoms with van der Waals surface area (Å²) < 4.78 is 5.34. The van der Waals surface area contributed by atoms with Crippen molar-refractivity contribution in [3.8, 4) is 0 Å². The molecule has 1 aromatic rings. The second kappa shape index (κ2) is 6.17. The van der Waals surface area contributed by atoms with E-state index in [1.165, 1.54) is 0 Å². The summed E-state index contributed by atoms with van der Waals surface area (Å²) in [5.41, 5.74) is 5.68. The quantitative estimate of drug-likeness (QED) is 0.849. The molecule has 4 heteroatoms. The van der Waals surface area contributed by atoms with Crippen molar-refractivity contribution in [2.24, 2.45) is 11.7 Å². The van der Waals surface area contributed by atoms with E-state index in [1.54, 1.807) is 0 Å².